The van der Waals surface area contributed by atoms with Gasteiger partial charge in [-0.1, -0.05) is 54.6 Å². The van der Waals surface area contributed by atoms with Crippen LogP contribution in [0.5, 0.6) is 5.75 Å². The predicted octanol–water partition coefficient (Wildman–Crippen LogP) is 4.40. The first kappa shape index (κ1) is 25.8. The monoisotopic (exact) mass is 480 g/mol. The van der Waals surface area contributed by atoms with Gasteiger partial charge in [-0.3, -0.25) is 9.69 Å². The molecule has 0 spiro atoms. The van der Waals surface area contributed by atoms with Gasteiger partial charge >= 0.3 is 0 Å². The van der Waals surface area contributed by atoms with E-state index in [2.05, 4.69) is 17.0 Å². The van der Waals surface area contributed by atoms with Crippen LogP contribution in [0.3, 0.4) is 0 Å². The number of para-hydroxylation sites is 1. The summed E-state index contributed by atoms with van der Waals surface area (Å²) in [5, 5.41) is 10.8. The van der Waals surface area contributed by atoms with E-state index < -0.39 is 12.0 Å². The Kier molecular flexibility index (Phi) is 9.52. The number of aryl methyl sites for hydroxylation is 1. The Bertz CT molecular complexity index is 1050. The Hall–Kier alpha value is -2.86. The summed E-state index contributed by atoms with van der Waals surface area (Å²) in [4.78, 5) is 14.1. The molecule has 3 aromatic carbocycles. The number of carbonyl (C=O) groups is 1. The number of nitrogens with two attached hydrogens (primary N) is 1. The minimum atomic E-state index is -0.617. The topological polar surface area (TPSA) is 75.8 Å². The number of aliphatic hydroxyl groups is 1. The van der Waals surface area contributed by atoms with Crippen LogP contribution in [0.25, 0.3) is 0 Å². The number of hydrogen-bond donors (Lipinski definition) is 2. The van der Waals surface area contributed by atoms with Gasteiger partial charge in [0.25, 0.3) is 0 Å². The van der Waals surface area contributed by atoms with E-state index in [-0.39, 0.29) is 25.1 Å². The number of rotatable bonds is 9. The van der Waals surface area contributed by atoms with E-state index in [0.29, 0.717) is 12.1 Å². The Morgan fingerprint density at radius 2 is 1.74 bits per heavy atom. The molecule has 34 heavy (non-hydrogen) atoms. The van der Waals surface area contributed by atoms with Gasteiger partial charge in [-0.05, 0) is 66.6 Å². The number of fused-ring (bicyclic) bond motifs is 1. The molecule has 0 fully saturated rings. The average Bonchev–Trinajstić information content (AvgIpc) is 3.05. The first-order valence-corrected chi connectivity index (χ1v) is 11.6. The first-order valence-electron chi connectivity index (χ1n) is 11.6. The van der Waals surface area contributed by atoms with Crippen LogP contribution in [0, 0.1) is 0 Å². The van der Waals surface area contributed by atoms with Gasteiger partial charge < -0.3 is 15.6 Å². The number of ether oxygens (including phenoxy) is 1. The zero-order chi connectivity index (χ0) is 23.0. The van der Waals surface area contributed by atoms with Gasteiger partial charge in [0.05, 0.1) is 0 Å². The number of aliphatic hydroxyl groups excluding tert-OH is 1. The van der Waals surface area contributed by atoms with E-state index in [1.807, 2.05) is 66.7 Å². The highest BCUT2D eigenvalue weighted by molar-refractivity contribution is 5.93. The number of amides is 1. The predicted molar refractivity (Wildman–Crippen MR) is 137 cm³/mol. The highest BCUT2D eigenvalue weighted by Crippen LogP contribution is 2.26. The minimum Gasteiger partial charge on any atom is -0.491 e. The SMILES string of the molecule is Cl.NC(=O)c1ccc2c(c1)CC(N(Cc1ccccc1)C[C@H](O)COc1ccccc1)CCC2. The standard InChI is InChI=1S/C28H32N2O3.ClH/c29-28(32)23-15-14-22-10-7-11-25(17-24(22)16-23)30(18-21-8-3-1-4-9-21)19-26(31)20-33-27-12-5-2-6-13-27;/h1-6,8-9,12-16,25-26,31H,7,10-11,17-20H2,(H2,29,32);1H/t25?,26-;/m0./s1. The fourth-order valence-corrected chi connectivity index (χ4v) is 4.60. The van der Waals surface area contributed by atoms with Crippen LogP contribution in [-0.2, 0) is 19.4 Å². The van der Waals surface area contributed by atoms with Crippen LogP contribution in [0.15, 0.2) is 78.9 Å². The lowest BCUT2D eigenvalue weighted by Crippen LogP contribution is -2.42. The molecule has 1 aliphatic rings. The fraction of sp³-hybridized carbons (Fsp3) is 0.321. The summed E-state index contributed by atoms with van der Waals surface area (Å²) in [5.41, 5.74) is 9.77. The van der Waals surface area contributed by atoms with Crippen molar-refractivity contribution < 1.29 is 14.6 Å². The molecule has 5 nitrogen and oxygen atoms in total. The lowest BCUT2D eigenvalue weighted by atomic mass is 9.97. The molecular formula is C28H33ClN2O3. The maximum atomic E-state index is 11.7. The van der Waals surface area contributed by atoms with Crippen LogP contribution in [0.2, 0.25) is 0 Å². The van der Waals surface area contributed by atoms with E-state index in [9.17, 15) is 9.90 Å². The summed E-state index contributed by atoms with van der Waals surface area (Å²) < 4.78 is 5.80. The molecule has 1 aliphatic carbocycles. The fourth-order valence-electron chi connectivity index (χ4n) is 4.60. The summed E-state index contributed by atoms with van der Waals surface area (Å²) in [7, 11) is 0. The number of benzene rings is 3. The third kappa shape index (κ3) is 7.07. The molecule has 3 N–H and O–H groups in total. The van der Waals surface area contributed by atoms with Crippen LogP contribution >= 0.6 is 12.4 Å². The highest BCUT2D eigenvalue weighted by atomic mass is 35.5. The summed E-state index contributed by atoms with van der Waals surface area (Å²) in [6.45, 7) is 1.50. The number of hydrogen-bond acceptors (Lipinski definition) is 4. The van der Waals surface area contributed by atoms with Crippen molar-refractivity contribution in [3.8, 4) is 5.75 Å². The van der Waals surface area contributed by atoms with E-state index in [1.54, 1.807) is 0 Å². The molecule has 180 valence electrons. The number of halogens is 1. The molecule has 0 bridgehead atoms. The Balaban J connectivity index is 0.00000324. The van der Waals surface area contributed by atoms with Gasteiger partial charge in [0, 0.05) is 24.7 Å². The average molecular weight is 481 g/mol. The van der Waals surface area contributed by atoms with E-state index in [0.717, 1.165) is 38.0 Å². The molecule has 0 aliphatic heterocycles. The minimum absolute atomic E-state index is 0. The number of primary amides is 1. The van der Waals surface area contributed by atoms with E-state index in [1.165, 1.54) is 16.7 Å². The summed E-state index contributed by atoms with van der Waals surface area (Å²) in [5.74, 6) is 0.363. The molecule has 1 unspecified atom stereocenters. The van der Waals surface area contributed by atoms with Crippen molar-refractivity contribution in [3.63, 3.8) is 0 Å². The summed E-state index contributed by atoms with van der Waals surface area (Å²) >= 11 is 0. The molecule has 0 aromatic heterocycles. The second kappa shape index (κ2) is 12.6. The number of carbonyl (C=O) groups excluding carboxylic acids is 1. The lowest BCUT2D eigenvalue weighted by molar-refractivity contribution is 0.0463. The molecule has 0 heterocycles. The molecule has 4 rings (SSSR count). The van der Waals surface area contributed by atoms with Gasteiger partial charge in [-0.15, -0.1) is 12.4 Å². The second-order valence-corrected chi connectivity index (χ2v) is 8.79. The van der Waals surface area contributed by atoms with Gasteiger partial charge in [0.15, 0.2) is 0 Å². The lowest BCUT2D eigenvalue weighted by Gasteiger charge is -2.33. The second-order valence-electron chi connectivity index (χ2n) is 8.79. The quantitative estimate of drug-likeness (QED) is 0.445. The van der Waals surface area contributed by atoms with Crippen LogP contribution < -0.4 is 10.5 Å². The molecule has 0 radical (unpaired) electrons. The van der Waals surface area contributed by atoms with Crippen molar-refractivity contribution in [2.75, 3.05) is 13.2 Å². The van der Waals surface area contributed by atoms with E-state index in [4.69, 9.17) is 10.5 Å². The highest BCUT2D eigenvalue weighted by Gasteiger charge is 2.25. The smallest absolute Gasteiger partial charge is 0.248 e. The molecule has 3 aromatic rings. The van der Waals surface area contributed by atoms with Crippen LogP contribution in [-0.4, -0.2) is 41.2 Å². The molecule has 1 amide bonds. The van der Waals surface area contributed by atoms with Crippen LogP contribution in [0.1, 0.15) is 39.9 Å². The first-order chi connectivity index (χ1) is 16.1. The molecule has 0 saturated carbocycles. The third-order valence-electron chi connectivity index (χ3n) is 6.31. The Morgan fingerprint density at radius 1 is 1.03 bits per heavy atom. The van der Waals surface area contributed by atoms with Gasteiger partial charge in [-0.25, -0.2) is 0 Å². The largest absolute Gasteiger partial charge is 0.491 e. The third-order valence-corrected chi connectivity index (χ3v) is 6.31. The van der Waals surface area contributed by atoms with Crippen molar-refractivity contribution in [2.45, 2.75) is 44.4 Å². The van der Waals surface area contributed by atoms with Gasteiger partial charge in [-0.2, -0.15) is 0 Å². The zero-order valence-corrected chi connectivity index (χ0v) is 20.1. The van der Waals surface area contributed by atoms with Gasteiger partial charge in [0.1, 0.15) is 18.5 Å². The summed E-state index contributed by atoms with van der Waals surface area (Å²) in [6, 6.07) is 26.0. The van der Waals surface area contributed by atoms with Crippen molar-refractivity contribution >= 4 is 18.3 Å². The molecular weight excluding hydrogens is 448 g/mol. The maximum absolute atomic E-state index is 11.7. The Labute approximate surface area is 208 Å². The normalized spacial score (nSPS) is 16.1. The molecule has 2 atom stereocenters. The van der Waals surface area contributed by atoms with Crippen LogP contribution in [0.4, 0.5) is 0 Å². The van der Waals surface area contributed by atoms with Crippen molar-refractivity contribution in [3.05, 3.63) is 101 Å². The Morgan fingerprint density at radius 3 is 2.44 bits per heavy atom. The van der Waals surface area contributed by atoms with Crippen molar-refractivity contribution in [2.24, 2.45) is 5.73 Å². The molecule has 0 saturated heterocycles. The molecule has 6 heteroatoms. The zero-order valence-electron chi connectivity index (χ0n) is 19.3. The van der Waals surface area contributed by atoms with E-state index >= 15 is 0 Å². The van der Waals surface area contributed by atoms with Gasteiger partial charge in [0.2, 0.25) is 5.91 Å². The van der Waals surface area contributed by atoms with Crippen molar-refractivity contribution in [1.29, 1.82) is 0 Å². The van der Waals surface area contributed by atoms with Crippen molar-refractivity contribution in [1.82, 2.24) is 4.90 Å². The maximum Gasteiger partial charge on any atom is 0.248 e. The summed E-state index contributed by atoms with van der Waals surface area (Å²) in [6.07, 6.45) is 3.29. The number of nitrogens with zero attached hydrogens (tertiary/aromatic N) is 1.